The number of guanidine groups is 1. The number of amides is 2. The van der Waals surface area contributed by atoms with Crippen LogP contribution in [0.25, 0.3) is 10.2 Å². The average Bonchev–Trinajstić information content (AvgIpc) is 3.41. The average molecular weight is 447 g/mol. The zero-order valence-electron chi connectivity index (χ0n) is 17.2. The fourth-order valence-corrected chi connectivity index (χ4v) is 4.50. The molecule has 1 aliphatic heterocycles. The number of nitrogens with zero attached hydrogens (tertiary/aromatic N) is 3. The summed E-state index contributed by atoms with van der Waals surface area (Å²) in [5.41, 5.74) is 11.4. The molecule has 10 nitrogen and oxygen atoms in total. The summed E-state index contributed by atoms with van der Waals surface area (Å²) >= 11 is 1.28. The number of likely N-dealkylation sites (tertiary alicyclic amines) is 1. The molecule has 2 amide bonds. The largest absolute Gasteiger partial charge is 0.453 e. The molecule has 0 bridgehead atoms. The Bertz CT molecular complexity index is 954. The van der Waals surface area contributed by atoms with Gasteiger partial charge in [0.1, 0.15) is 6.04 Å². The second kappa shape index (κ2) is 10.2. The number of carbonyl (C=O) groups excluding carboxylic acids is 3. The number of aliphatic imine (C=N–C) groups is 1. The molecule has 2 aromatic rings. The van der Waals surface area contributed by atoms with Crippen molar-refractivity contribution < 1.29 is 19.1 Å². The van der Waals surface area contributed by atoms with Gasteiger partial charge in [0.15, 0.2) is 11.0 Å². The van der Waals surface area contributed by atoms with Gasteiger partial charge in [-0.05, 0) is 37.8 Å². The van der Waals surface area contributed by atoms with E-state index in [0.29, 0.717) is 43.8 Å². The van der Waals surface area contributed by atoms with Gasteiger partial charge in [0, 0.05) is 13.1 Å². The second-order valence-corrected chi connectivity index (χ2v) is 8.21. The van der Waals surface area contributed by atoms with Gasteiger partial charge >= 0.3 is 6.09 Å². The molecular formula is C20H26N6O4S. The highest BCUT2D eigenvalue weighted by Crippen LogP contribution is 2.24. The van der Waals surface area contributed by atoms with Gasteiger partial charge in [-0.25, -0.2) is 9.78 Å². The van der Waals surface area contributed by atoms with Crippen LogP contribution < -0.4 is 16.8 Å². The highest BCUT2D eigenvalue weighted by Gasteiger charge is 2.36. The number of hydrogen-bond donors (Lipinski definition) is 3. The molecule has 166 valence electrons. The lowest BCUT2D eigenvalue weighted by molar-refractivity contribution is -0.125. The summed E-state index contributed by atoms with van der Waals surface area (Å²) in [6, 6.07) is 5.99. The van der Waals surface area contributed by atoms with Gasteiger partial charge in [-0.1, -0.05) is 12.1 Å². The van der Waals surface area contributed by atoms with Crippen LogP contribution in [0.5, 0.6) is 0 Å². The van der Waals surface area contributed by atoms with Crippen molar-refractivity contribution in [2.75, 3.05) is 20.2 Å². The van der Waals surface area contributed by atoms with Crippen molar-refractivity contribution in [1.82, 2.24) is 15.2 Å². The van der Waals surface area contributed by atoms with E-state index in [9.17, 15) is 14.4 Å². The van der Waals surface area contributed by atoms with Gasteiger partial charge < -0.3 is 21.5 Å². The quantitative estimate of drug-likeness (QED) is 0.239. The Kier molecular flexibility index (Phi) is 7.40. The Labute approximate surface area is 183 Å². The number of benzene rings is 1. The first-order valence-corrected chi connectivity index (χ1v) is 10.8. The fourth-order valence-electron chi connectivity index (χ4n) is 3.54. The van der Waals surface area contributed by atoms with E-state index < -0.39 is 18.2 Å². The van der Waals surface area contributed by atoms with Crippen LogP contribution in [0.2, 0.25) is 0 Å². The summed E-state index contributed by atoms with van der Waals surface area (Å²) < 4.78 is 5.66. The molecule has 2 heterocycles. The van der Waals surface area contributed by atoms with E-state index in [1.807, 2.05) is 24.3 Å². The van der Waals surface area contributed by atoms with E-state index in [4.69, 9.17) is 16.2 Å². The molecule has 2 atom stereocenters. The number of Topliss-reactive ketones (excluding diaryl/α,β-unsaturated/α-hetero) is 1. The molecular weight excluding hydrogens is 420 g/mol. The number of fused-ring (bicyclic) bond motifs is 1. The summed E-state index contributed by atoms with van der Waals surface area (Å²) in [6.07, 6.45) is 1.47. The lowest BCUT2D eigenvalue weighted by Gasteiger charge is -2.25. The molecule has 11 heteroatoms. The van der Waals surface area contributed by atoms with Crippen LogP contribution in [0.15, 0.2) is 29.3 Å². The molecule has 0 spiro atoms. The maximum Gasteiger partial charge on any atom is 0.410 e. The molecule has 5 N–H and O–H groups in total. The highest BCUT2D eigenvalue weighted by molar-refractivity contribution is 7.20. The molecule has 3 rings (SSSR count). The van der Waals surface area contributed by atoms with Crippen LogP contribution in [0.3, 0.4) is 0 Å². The van der Waals surface area contributed by atoms with Crippen LogP contribution in [0.1, 0.15) is 35.5 Å². The maximum atomic E-state index is 13.2. The fraction of sp³-hybridized carbons (Fsp3) is 0.450. The van der Waals surface area contributed by atoms with Gasteiger partial charge in [0.25, 0.3) is 0 Å². The maximum absolute atomic E-state index is 13.2. The number of thiazole rings is 1. The monoisotopic (exact) mass is 446 g/mol. The minimum absolute atomic E-state index is 0.0299. The van der Waals surface area contributed by atoms with E-state index in [0.717, 1.165) is 10.2 Å². The van der Waals surface area contributed by atoms with Crippen LogP contribution in [-0.2, 0) is 9.53 Å². The van der Waals surface area contributed by atoms with Crippen molar-refractivity contribution in [1.29, 1.82) is 0 Å². The van der Waals surface area contributed by atoms with Crippen molar-refractivity contribution in [3.05, 3.63) is 29.3 Å². The van der Waals surface area contributed by atoms with Crippen molar-refractivity contribution in [2.45, 2.75) is 37.8 Å². The first kappa shape index (κ1) is 22.5. The number of para-hydroxylation sites is 1. The predicted octanol–water partition coefficient (Wildman–Crippen LogP) is 1.25. The van der Waals surface area contributed by atoms with Gasteiger partial charge in [-0.3, -0.25) is 19.5 Å². The topological polar surface area (TPSA) is 153 Å². The number of ketones is 1. The normalized spacial score (nSPS) is 16.7. The Morgan fingerprint density at radius 3 is 2.84 bits per heavy atom. The summed E-state index contributed by atoms with van der Waals surface area (Å²) in [5, 5.41) is 3.14. The van der Waals surface area contributed by atoms with Crippen LogP contribution >= 0.6 is 11.3 Å². The summed E-state index contributed by atoms with van der Waals surface area (Å²) in [6.45, 7) is 0.769. The standard InChI is InChI=1S/C20H26N6O4S/c1-30-20(29)26-11-5-8-14(26)17(28)24-13(7-4-10-23-19(21)22)16(27)18-25-12-6-2-3-9-15(12)31-18/h2-3,6,9,13-14H,4-5,7-8,10-11H2,1H3,(H,24,28)(H4,21,22,23). The third kappa shape index (κ3) is 5.48. The number of rotatable bonds is 8. The molecule has 0 saturated carbocycles. The lowest BCUT2D eigenvalue weighted by Crippen LogP contribution is -2.50. The van der Waals surface area contributed by atoms with Gasteiger partial charge in [0.05, 0.1) is 23.4 Å². The zero-order valence-corrected chi connectivity index (χ0v) is 18.1. The van der Waals surface area contributed by atoms with Gasteiger partial charge in [-0.15, -0.1) is 11.3 Å². The van der Waals surface area contributed by atoms with E-state index in [-0.39, 0.29) is 17.6 Å². The molecule has 1 aromatic carbocycles. The number of nitrogens with one attached hydrogen (secondary N) is 1. The minimum Gasteiger partial charge on any atom is -0.453 e. The van der Waals surface area contributed by atoms with Crippen LogP contribution in [0, 0.1) is 0 Å². The molecule has 1 fully saturated rings. The molecule has 0 radical (unpaired) electrons. The molecule has 0 aliphatic carbocycles. The number of carbonyl (C=O) groups is 3. The summed E-state index contributed by atoms with van der Waals surface area (Å²) in [5.74, 6) is -0.691. The summed E-state index contributed by atoms with van der Waals surface area (Å²) in [4.78, 5) is 47.8. The number of ether oxygens (including phenoxy) is 1. The van der Waals surface area contributed by atoms with E-state index in [2.05, 4.69) is 15.3 Å². The smallest absolute Gasteiger partial charge is 0.410 e. The van der Waals surface area contributed by atoms with Crippen molar-refractivity contribution in [3.63, 3.8) is 0 Å². The van der Waals surface area contributed by atoms with Crippen molar-refractivity contribution >= 4 is 45.3 Å². The number of aromatic nitrogens is 1. The van der Waals surface area contributed by atoms with Crippen LogP contribution in [0.4, 0.5) is 4.79 Å². The molecule has 1 aromatic heterocycles. The zero-order chi connectivity index (χ0) is 22.4. The lowest BCUT2D eigenvalue weighted by atomic mass is 10.1. The third-order valence-corrected chi connectivity index (χ3v) is 6.10. The van der Waals surface area contributed by atoms with E-state index >= 15 is 0 Å². The summed E-state index contributed by atoms with van der Waals surface area (Å²) in [7, 11) is 1.28. The van der Waals surface area contributed by atoms with Gasteiger partial charge in [-0.2, -0.15) is 0 Å². The molecule has 1 aliphatic rings. The Balaban J connectivity index is 1.76. The molecule has 1 saturated heterocycles. The minimum atomic E-state index is -0.803. The first-order valence-electron chi connectivity index (χ1n) is 10.0. The second-order valence-electron chi connectivity index (χ2n) is 7.18. The Morgan fingerprint density at radius 2 is 2.13 bits per heavy atom. The number of methoxy groups -OCH3 is 1. The number of hydrogen-bond acceptors (Lipinski definition) is 7. The van der Waals surface area contributed by atoms with Crippen LogP contribution in [-0.4, -0.2) is 65.9 Å². The Hall–Kier alpha value is -3.21. The first-order chi connectivity index (χ1) is 14.9. The SMILES string of the molecule is COC(=O)N1CCCC1C(=O)NC(CCCN=C(N)N)C(=O)c1nc2ccccc2s1. The third-order valence-electron chi connectivity index (χ3n) is 5.05. The highest BCUT2D eigenvalue weighted by atomic mass is 32.1. The predicted molar refractivity (Wildman–Crippen MR) is 118 cm³/mol. The number of nitrogens with two attached hydrogens (primary N) is 2. The van der Waals surface area contributed by atoms with E-state index in [1.165, 1.54) is 23.3 Å². The van der Waals surface area contributed by atoms with Crippen molar-refractivity contribution in [3.8, 4) is 0 Å². The van der Waals surface area contributed by atoms with E-state index in [1.54, 1.807) is 0 Å². The molecule has 2 unspecified atom stereocenters. The van der Waals surface area contributed by atoms with Gasteiger partial charge in [0.2, 0.25) is 11.7 Å². The van der Waals surface area contributed by atoms with Crippen molar-refractivity contribution in [2.24, 2.45) is 16.5 Å². The molecule has 31 heavy (non-hydrogen) atoms. The Morgan fingerprint density at radius 1 is 1.35 bits per heavy atom.